The fraction of sp³-hybridized carbons (Fsp3) is 0.556. The molecule has 0 saturated carbocycles. The van der Waals surface area contributed by atoms with Gasteiger partial charge in [-0.2, -0.15) is 0 Å². The highest BCUT2D eigenvalue weighted by molar-refractivity contribution is 6.39. The molecule has 23 heavy (non-hydrogen) atoms. The maximum absolute atomic E-state index is 11.8. The summed E-state index contributed by atoms with van der Waals surface area (Å²) in [7, 11) is 0. The Kier molecular flexibility index (Phi) is 6.91. The van der Waals surface area contributed by atoms with Gasteiger partial charge in [0, 0.05) is 31.0 Å². The van der Waals surface area contributed by atoms with Crippen LogP contribution in [-0.2, 0) is 9.59 Å². The van der Waals surface area contributed by atoms with Crippen molar-refractivity contribution in [1.82, 2.24) is 5.32 Å². The van der Waals surface area contributed by atoms with Crippen LogP contribution in [0.4, 0.5) is 11.4 Å². The van der Waals surface area contributed by atoms with E-state index in [0.29, 0.717) is 12.2 Å². The molecule has 0 atom stereocenters. The quantitative estimate of drug-likeness (QED) is 0.626. The molecular formula is C18H27N3O2. The van der Waals surface area contributed by atoms with Gasteiger partial charge in [-0.15, -0.1) is 0 Å². The summed E-state index contributed by atoms with van der Waals surface area (Å²) in [6, 6.07) is 7.71. The van der Waals surface area contributed by atoms with Crippen LogP contribution in [0.15, 0.2) is 24.3 Å². The number of nitrogens with one attached hydrogen (secondary N) is 2. The lowest BCUT2D eigenvalue weighted by Gasteiger charge is -2.28. The number of anilines is 2. The molecular weight excluding hydrogens is 290 g/mol. The first-order chi connectivity index (χ1) is 11.2. The van der Waals surface area contributed by atoms with Gasteiger partial charge in [0.15, 0.2) is 0 Å². The van der Waals surface area contributed by atoms with Crippen molar-refractivity contribution >= 4 is 23.2 Å². The lowest BCUT2D eigenvalue weighted by molar-refractivity contribution is -0.136. The molecule has 0 unspecified atom stereocenters. The zero-order valence-corrected chi connectivity index (χ0v) is 13.9. The molecule has 1 heterocycles. The zero-order valence-electron chi connectivity index (χ0n) is 13.9. The predicted molar refractivity (Wildman–Crippen MR) is 93.7 cm³/mol. The van der Waals surface area contributed by atoms with Gasteiger partial charge in [0.05, 0.1) is 0 Å². The summed E-state index contributed by atoms with van der Waals surface area (Å²) in [5.41, 5.74) is 1.83. The molecule has 2 rings (SSSR count). The SMILES string of the molecule is CCCCCNC(=O)C(=O)Nc1ccc(N2CCCCC2)cc1. The van der Waals surface area contributed by atoms with Gasteiger partial charge >= 0.3 is 11.8 Å². The van der Waals surface area contributed by atoms with E-state index in [4.69, 9.17) is 0 Å². The Labute approximate surface area is 138 Å². The monoisotopic (exact) mass is 317 g/mol. The summed E-state index contributed by atoms with van der Waals surface area (Å²) in [6.45, 7) is 4.83. The molecule has 1 aromatic carbocycles. The predicted octanol–water partition coefficient (Wildman–Crippen LogP) is 2.92. The second-order valence-electron chi connectivity index (χ2n) is 6.01. The first-order valence-electron chi connectivity index (χ1n) is 8.65. The fourth-order valence-corrected chi connectivity index (χ4v) is 2.75. The van der Waals surface area contributed by atoms with E-state index in [-0.39, 0.29) is 0 Å². The summed E-state index contributed by atoms with van der Waals surface area (Å²) in [5, 5.41) is 5.28. The molecule has 1 aromatic rings. The van der Waals surface area contributed by atoms with Crippen LogP contribution < -0.4 is 15.5 Å². The molecule has 5 heteroatoms. The number of nitrogens with zero attached hydrogens (tertiary/aromatic N) is 1. The van der Waals surface area contributed by atoms with Crippen LogP contribution in [0.25, 0.3) is 0 Å². The number of hydrogen-bond acceptors (Lipinski definition) is 3. The summed E-state index contributed by atoms with van der Waals surface area (Å²) in [5.74, 6) is -1.17. The molecule has 1 saturated heterocycles. The van der Waals surface area contributed by atoms with E-state index in [9.17, 15) is 9.59 Å². The van der Waals surface area contributed by atoms with E-state index in [1.54, 1.807) is 0 Å². The van der Waals surface area contributed by atoms with Gasteiger partial charge in [0.25, 0.3) is 0 Å². The van der Waals surface area contributed by atoms with Crippen molar-refractivity contribution in [3.8, 4) is 0 Å². The van der Waals surface area contributed by atoms with Crippen molar-refractivity contribution < 1.29 is 9.59 Å². The number of carbonyl (C=O) groups is 2. The third kappa shape index (κ3) is 5.58. The van der Waals surface area contributed by atoms with Crippen molar-refractivity contribution in [2.24, 2.45) is 0 Å². The molecule has 0 aromatic heterocycles. The molecule has 2 amide bonds. The van der Waals surface area contributed by atoms with Gasteiger partial charge in [-0.3, -0.25) is 9.59 Å². The topological polar surface area (TPSA) is 61.4 Å². The molecule has 2 N–H and O–H groups in total. The standard InChI is InChI=1S/C18H27N3O2/c1-2-3-5-12-19-17(22)18(23)20-15-8-10-16(11-9-15)21-13-6-4-7-14-21/h8-11H,2-7,12-14H2,1H3,(H,19,22)(H,20,23). The molecule has 1 aliphatic heterocycles. The van der Waals surface area contributed by atoms with Crippen molar-refractivity contribution in [1.29, 1.82) is 0 Å². The van der Waals surface area contributed by atoms with E-state index in [1.807, 2.05) is 24.3 Å². The molecule has 1 aliphatic rings. The third-order valence-electron chi connectivity index (χ3n) is 4.12. The molecule has 5 nitrogen and oxygen atoms in total. The van der Waals surface area contributed by atoms with Gasteiger partial charge < -0.3 is 15.5 Å². The van der Waals surface area contributed by atoms with E-state index in [1.165, 1.54) is 24.9 Å². The Morgan fingerprint density at radius 1 is 1.00 bits per heavy atom. The van der Waals surface area contributed by atoms with Crippen molar-refractivity contribution in [3.05, 3.63) is 24.3 Å². The normalized spacial score (nSPS) is 14.4. The maximum Gasteiger partial charge on any atom is 0.313 e. The van der Waals surface area contributed by atoms with E-state index < -0.39 is 11.8 Å². The molecule has 0 spiro atoms. The third-order valence-corrected chi connectivity index (χ3v) is 4.12. The van der Waals surface area contributed by atoms with Crippen LogP contribution in [0.3, 0.4) is 0 Å². The molecule has 0 bridgehead atoms. The highest BCUT2D eigenvalue weighted by Crippen LogP contribution is 2.21. The first-order valence-corrected chi connectivity index (χ1v) is 8.65. The number of piperidine rings is 1. The van der Waals surface area contributed by atoms with E-state index >= 15 is 0 Å². The summed E-state index contributed by atoms with van der Waals surface area (Å²) < 4.78 is 0. The number of amides is 2. The zero-order chi connectivity index (χ0) is 16.5. The molecule has 126 valence electrons. The minimum absolute atomic E-state index is 0.550. The average molecular weight is 317 g/mol. The minimum Gasteiger partial charge on any atom is -0.372 e. The number of rotatable bonds is 6. The first kappa shape index (κ1) is 17.3. The van der Waals surface area contributed by atoms with Gasteiger partial charge in [-0.05, 0) is 49.9 Å². The van der Waals surface area contributed by atoms with Crippen LogP contribution in [0.2, 0.25) is 0 Å². The van der Waals surface area contributed by atoms with E-state index in [0.717, 1.165) is 32.4 Å². The average Bonchev–Trinajstić information content (AvgIpc) is 2.60. The van der Waals surface area contributed by atoms with Crippen LogP contribution in [-0.4, -0.2) is 31.4 Å². The Morgan fingerprint density at radius 2 is 1.70 bits per heavy atom. The summed E-state index contributed by atoms with van der Waals surface area (Å²) in [6.07, 6.45) is 6.82. The highest BCUT2D eigenvalue weighted by atomic mass is 16.2. The smallest absolute Gasteiger partial charge is 0.313 e. The van der Waals surface area contributed by atoms with Crippen LogP contribution in [0.5, 0.6) is 0 Å². The second-order valence-corrected chi connectivity index (χ2v) is 6.01. The lowest BCUT2D eigenvalue weighted by Crippen LogP contribution is -2.35. The number of carbonyl (C=O) groups excluding carboxylic acids is 2. The second kappa shape index (κ2) is 9.18. The largest absolute Gasteiger partial charge is 0.372 e. The number of unbranched alkanes of at least 4 members (excludes halogenated alkanes) is 2. The summed E-state index contributed by atoms with van der Waals surface area (Å²) >= 11 is 0. The Hall–Kier alpha value is -2.04. The highest BCUT2D eigenvalue weighted by Gasteiger charge is 2.14. The van der Waals surface area contributed by atoms with Crippen molar-refractivity contribution in [3.63, 3.8) is 0 Å². The fourth-order valence-electron chi connectivity index (χ4n) is 2.75. The molecule has 1 fully saturated rings. The maximum atomic E-state index is 11.8. The van der Waals surface area contributed by atoms with Crippen LogP contribution in [0, 0.1) is 0 Å². The Bertz CT molecular complexity index is 508. The van der Waals surface area contributed by atoms with Gasteiger partial charge in [0.1, 0.15) is 0 Å². The Morgan fingerprint density at radius 3 is 2.35 bits per heavy atom. The van der Waals surface area contributed by atoms with Gasteiger partial charge in [-0.1, -0.05) is 19.8 Å². The van der Waals surface area contributed by atoms with Crippen molar-refractivity contribution in [2.75, 3.05) is 29.9 Å². The van der Waals surface area contributed by atoms with Crippen LogP contribution in [0.1, 0.15) is 45.4 Å². The van der Waals surface area contributed by atoms with Crippen LogP contribution >= 0.6 is 0 Å². The van der Waals surface area contributed by atoms with E-state index in [2.05, 4.69) is 22.5 Å². The Balaban J connectivity index is 1.80. The number of hydrogen-bond donors (Lipinski definition) is 2. The minimum atomic E-state index is -0.604. The van der Waals surface area contributed by atoms with Gasteiger partial charge in [0.2, 0.25) is 0 Å². The van der Waals surface area contributed by atoms with Gasteiger partial charge in [-0.25, -0.2) is 0 Å². The summed E-state index contributed by atoms with van der Waals surface area (Å²) in [4.78, 5) is 25.9. The van der Waals surface area contributed by atoms with Crippen molar-refractivity contribution in [2.45, 2.75) is 45.4 Å². The number of benzene rings is 1. The molecule has 0 aliphatic carbocycles. The molecule has 0 radical (unpaired) electrons. The lowest BCUT2D eigenvalue weighted by atomic mass is 10.1.